The first kappa shape index (κ1) is 17.4. The van der Waals surface area contributed by atoms with Crippen molar-refractivity contribution in [3.05, 3.63) is 102 Å². The van der Waals surface area contributed by atoms with Crippen molar-refractivity contribution in [2.75, 3.05) is 10.6 Å². The van der Waals surface area contributed by atoms with Crippen molar-refractivity contribution >= 4 is 34.1 Å². The molecule has 1 heterocycles. The molecule has 28 heavy (non-hydrogen) atoms. The van der Waals surface area contributed by atoms with E-state index in [0.717, 1.165) is 10.8 Å². The molecule has 0 fully saturated rings. The summed E-state index contributed by atoms with van der Waals surface area (Å²) in [5.41, 5.74) is 1.36. The van der Waals surface area contributed by atoms with Gasteiger partial charge in [0.15, 0.2) is 0 Å². The van der Waals surface area contributed by atoms with Crippen LogP contribution >= 0.6 is 0 Å². The lowest BCUT2D eigenvalue weighted by molar-refractivity contribution is 0.102. The van der Waals surface area contributed by atoms with Crippen molar-refractivity contribution < 1.29 is 9.59 Å². The molecule has 0 bridgehead atoms. The fourth-order valence-electron chi connectivity index (χ4n) is 3.02. The molecular weight excluding hydrogens is 350 g/mol. The van der Waals surface area contributed by atoms with E-state index in [2.05, 4.69) is 15.6 Å². The monoisotopic (exact) mass is 367 g/mol. The van der Waals surface area contributed by atoms with Crippen molar-refractivity contribution in [3.63, 3.8) is 0 Å². The zero-order chi connectivity index (χ0) is 19.3. The van der Waals surface area contributed by atoms with Crippen molar-refractivity contribution in [2.45, 2.75) is 0 Å². The molecule has 0 aliphatic heterocycles. The molecule has 0 aliphatic rings. The lowest BCUT2D eigenvalue weighted by atomic mass is 10.0. The van der Waals surface area contributed by atoms with Gasteiger partial charge in [0.2, 0.25) is 0 Å². The Morgan fingerprint density at radius 3 is 2.18 bits per heavy atom. The minimum atomic E-state index is -0.340. The molecule has 0 saturated heterocycles. The molecule has 0 spiro atoms. The number of fused-ring (bicyclic) bond motifs is 1. The van der Waals surface area contributed by atoms with Crippen LogP contribution in [0.3, 0.4) is 0 Å². The fraction of sp³-hybridized carbons (Fsp3) is 0. The van der Waals surface area contributed by atoms with Gasteiger partial charge in [-0.25, -0.2) is 4.98 Å². The second-order valence-corrected chi connectivity index (χ2v) is 6.20. The van der Waals surface area contributed by atoms with Crippen LogP contribution in [-0.2, 0) is 0 Å². The first-order valence-corrected chi connectivity index (χ1v) is 8.83. The highest BCUT2D eigenvalue weighted by Gasteiger charge is 2.16. The van der Waals surface area contributed by atoms with E-state index in [1.807, 2.05) is 36.4 Å². The van der Waals surface area contributed by atoms with Crippen LogP contribution < -0.4 is 10.6 Å². The third-order valence-electron chi connectivity index (χ3n) is 4.36. The quantitative estimate of drug-likeness (QED) is 0.547. The van der Waals surface area contributed by atoms with Gasteiger partial charge in [0.25, 0.3) is 11.8 Å². The van der Waals surface area contributed by atoms with E-state index in [4.69, 9.17) is 0 Å². The maximum absolute atomic E-state index is 12.9. The number of rotatable bonds is 4. The zero-order valence-corrected chi connectivity index (χ0v) is 14.9. The molecule has 0 radical (unpaired) electrons. The largest absolute Gasteiger partial charge is 0.321 e. The summed E-state index contributed by atoms with van der Waals surface area (Å²) in [5.74, 6) is -0.162. The second kappa shape index (κ2) is 7.72. The van der Waals surface area contributed by atoms with Gasteiger partial charge >= 0.3 is 0 Å². The van der Waals surface area contributed by atoms with Crippen molar-refractivity contribution in [1.29, 1.82) is 0 Å². The summed E-state index contributed by atoms with van der Waals surface area (Å²) in [6.07, 6.45) is 1.60. The van der Waals surface area contributed by atoms with Crippen LogP contribution in [0.25, 0.3) is 10.8 Å². The number of pyridine rings is 1. The maximum Gasteiger partial charge on any atom is 0.258 e. The number of hydrogen-bond donors (Lipinski definition) is 2. The molecule has 0 saturated carbocycles. The summed E-state index contributed by atoms with van der Waals surface area (Å²) < 4.78 is 0. The number of carbonyl (C=O) groups is 2. The molecule has 4 rings (SSSR count). The van der Waals surface area contributed by atoms with Gasteiger partial charge in [-0.1, -0.05) is 54.6 Å². The molecule has 136 valence electrons. The van der Waals surface area contributed by atoms with E-state index in [0.29, 0.717) is 22.6 Å². The van der Waals surface area contributed by atoms with Crippen molar-refractivity contribution in [2.24, 2.45) is 0 Å². The topological polar surface area (TPSA) is 71.1 Å². The van der Waals surface area contributed by atoms with Crippen molar-refractivity contribution in [1.82, 2.24) is 4.98 Å². The van der Waals surface area contributed by atoms with Gasteiger partial charge in [0.05, 0.1) is 11.3 Å². The Morgan fingerprint density at radius 2 is 1.32 bits per heavy atom. The van der Waals surface area contributed by atoms with Gasteiger partial charge < -0.3 is 10.6 Å². The molecule has 0 aliphatic carbocycles. The molecule has 5 heteroatoms. The molecule has 2 N–H and O–H groups in total. The van der Waals surface area contributed by atoms with E-state index in [-0.39, 0.29) is 11.8 Å². The minimum absolute atomic E-state index is 0.269. The average Bonchev–Trinajstić information content (AvgIpc) is 2.74. The van der Waals surface area contributed by atoms with Gasteiger partial charge in [-0.15, -0.1) is 0 Å². The summed E-state index contributed by atoms with van der Waals surface area (Å²) in [4.78, 5) is 29.7. The Bertz CT molecular complexity index is 1150. The smallest absolute Gasteiger partial charge is 0.258 e. The van der Waals surface area contributed by atoms with Crippen LogP contribution in [0.1, 0.15) is 20.7 Å². The van der Waals surface area contributed by atoms with Crippen LogP contribution in [0.4, 0.5) is 11.5 Å². The normalized spacial score (nSPS) is 10.4. The summed E-state index contributed by atoms with van der Waals surface area (Å²) in [6.45, 7) is 0. The van der Waals surface area contributed by atoms with E-state index >= 15 is 0 Å². The van der Waals surface area contributed by atoms with Crippen LogP contribution in [0.15, 0.2) is 91.1 Å². The molecule has 1 aromatic heterocycles. The number of aromatic nitrogens is 1. The van der Waals surface area contributed by atoms with Gasteiger partial charge in [0.1, 0.15) is 5.82 Å². The lowest BCUT2D eigenvalue weighted by Crippen LogP contribution is -2.18. The highest BCUT2D eigenvalue weighted by Crippen LogP contribution is 2.22. The number of amides is 2. The van der Waals surface area contributed by atoms with Gasteiger partial charge in [-0.3, -0.25) is 9.59 Å². The van der Waals surface area contributed by atoms with Crippen LogP contribution in [0.2, 0.25) is 0 Å². The molecule has 5 nitrogen and oxygen atoms in total. The Balaban J connectivity index is 1.62. The first-order chi connectivity index (χ1) is 13.7. The predicted octanol–water partition coefficient (Wildman–Crippen LogP) is 4.74. The Kier molecular flexibility index (Phi) is 4.80. The Morgan fingerprint density at radius 1 is 0.643 bits per heavy atom. The van der Waals surface area contributed by atoms with E-state index < -0.39 is 0 Å². The molecule has 0 atom stereocenters. The molecule has 2 amide bonds. The third-order valence-corrected chi connectivity index (χ3v) is 4.36. The first-order valence-electron chi connectivity index (χ1n) is 8.83. The van der Waals surface area contributed by atoms with E-state index in [1.54, 1.807) is 54.7 Å². The minimum Gasteiger partial charge on any atom is -0.321 e. The summed E-state index contributed by atoms with van der Waals surface area (Å²) >= 11 is 0. The Hall–Kier alpha value is -3.99. The van der Waals surface area contributed by atoms with Crippen LogP contribution in [-0.4, -0.2) is 16.8 Å². The summed E-state index contributed by atoms with van der Waals surface area (Å²) in [5, 5.41) is 7.45. The lowest BCUT2D eigenvalue weighted by Gasteiger charge is -2.12. The molecule has 0 unspecified atom stereocenters. The molecular formula is C23H17N3O2. The zero-order valence-electron chi connectivity index (χ0n) is 14.9. The number of benzene rings is 3. The number of anilines is 2. The van der Waals surface area contributed by atoms with Crippen LogP contribution in [0, 0.1) is 0 Å². The van der Waals surface area contributed by atoms with Gasteiger partial charge in [-0.05, 0) is 41.1 Å². The average molecular weight is 367 g/mol. The number of carbonyl (C=O) groups excluding carboxylic acids is 2. The molecule has 3 aromatic carbocycles. The fourth-order valence-corrected chi connectivity index (χ4v) is 3.02. The number of para-hydroxylation sites is 1. The van der Waals surface area contributed by atoms with Crippen LogP contribution in [0.5, 0.6) is 0 Å². The highest BCUT2D eigenvalue weighted by molar-refractivity contribution is 6.16. The second-order valence-electron chi connectivity index (χ2n) is 6.20. The predicted molar refractivity (Wildman–Crippen MR) is 111 cm³/mol. The standard InChI is InChI=1S/C23H17N3O2/c27-22(18-12-7-9-16-8-1-2-10-17(16)18)25-20-13-4-3-11-19(20)23(28)26-21-14-5-6-15-24-21/h1-15H,(H,25,27)(H,24,26,28). The summed E-state index contributed by atoms with van der Waals surface area (Å²) in [7, 11) is 0. The van der Waals surface area contributed by atoms with Gasteiger partial charge in [0, 0.05) is 11.8 Å². The maximum atomic E-state index is 12.9. The third kappa shape index (κ3) is 3.59. The van der Waals surface area contributed by atoms with E-state index in [9.17, 15) is 9.59 Å². The SMILES string of the molecule is O=C(Nc1ccccn1)c1ccccc1NC(=O)c1cccc2ccccc12. The summed E-state index contributed by atoms with van der Waals surface area (Å²) in [6, 6.07) is 25.4. The number of hydrogen-bond acceptors (Lipinski definition) is 3. The Labute approximate surface area is 162 Å². The number of nitrogens with one attached hydrogen (secondary N) is 2. The number of nitrogens with zero attached hydrogens (tertiary/aromatic N) is 1. The molecule has 4 aromatic rings. The van der Waals surface area contributed by atoms with Crippen molar-refractivity contribution in [3.8, 4) is 0 Å². The van der Waals surface area contributed by atoms with Gasteiger partial charge in [-0.2, -0.15) is 0 Å². The highest BCUT2D eigenvalue weighted by atomic mass is 16.2. The van der Waals surface area contributed by atoms with E-state index in [1.165, 1.54) is 0 Å².